The maximum atomic E-state index is 12.6. The molecule has 154 valence electrons. The fourth-order valence-corrected chi connectivity index (χ4v) is 4.40. The van der Waals surface area contributed by atoms with Crippen LogP contribution in [0.15, 0.2) is 30.3 Å². The fourth-order valence-electron chi connectivity index (χ4n) is 4.40. The van der Waals surface area contributed by atoms with Crippen LogP contribution in [-0.4, -0.2) is 30.0 Å². The standard InChI is InChI=1S/C23H34N2O3/c1-17(24-22(26)15-18-9-4-2-5-10-18)23(27)25-20-13-8-14-21(20)28-16-19-11-6-3-7-12-19/h3,6-7,11-12,17-18,20-21H,2,4-5,8-10,13-16H2,1H3,(H,24,26)(H,25,27)/t17-,20-,21+/m0/s1. The van der Waals surface area contributed by atoms with E-state index in [-0.39, 0.29) is 24.0 Å². The SMILES string of the molecule is C[C@H](NC(=O)CC1CCCCC1)C(=O)N[C@H]1CCC[C@H]1OCc1ccccc1. The first kappa shape index (κ1) is 20.8. The van der Waals surface area contributed by atoms with E-state index >= 15 is 0 Å². The minimum atomic E-state index is -0.508. The second-order valence-electron chi connectivity index (χ2n) is 8.38. The molecular weight excluding hydrogens is 352 g/mol. The molecule has 2 amide bonds. The molecule has 0 aromatic heterocycles. The molecule has 2 aliphatic carbocycles. The second kappa shape index (κ2) is 10.6. The van der Waals surface area contributed by atoms with Gasteiger partial charge in [-0.3, -0.25) is 9.59 Å². The van der Waals surface area contributed by atoms with Crippen molar-refractivity contribution in [1.29, 1.82) is 0 Å². The number of carbonyl (C=O) groups is 2. The Morgan fingerprint density at radius 1 is 1.04 bits per heavy atom. The fraction of sp³-hybridized carbons (Fsp3) is 0.652. The first-order chi connectivity index (χ1) is 13.6. The normalized spacial score (nSPS) is 23.9. The van der Waals surface area contributed by atoms with Gasteiger partial charge in [-0.1, -0.05) is 49.6 Å². The van der Waals surface area contributed by atoms with Gasteiger partial charge in [-0.15, -0.1) is 0 Å². The molecule has 3 atom stereocenters. The summed E-state index contributed by atoms with van der Waals surface area (Å²) in [5, 5.41) is 5.98. The van der Waals surface area contributed by atoms with Crippen molar-refractivity contribution in [1.82, 2.24) is 10.6 Å². The van der Waals surface area contributed by atoms with Crippen LogP contribution in [-0.2, 0) is 20.9 Å². The van der Waals surface area contributed by atoms with Gasteiger partial charge in [0.2, 0.25) is 11.8 Å². The third kappa shape index (κ3) is 6.33. The number of nitrogens with one attached hydrogen (secondary N) is 2. The highest BCUT2D eigenvalue weighted by Gasteiger charge is 2.31. The summed E-state index contributed by atoms with van der Waals surface area (Å²) in [5.41, 5.74) is 1.14. The molecule has 2 aliphatic rings. The van der Waals surface area contributed by atoms with E-state index < -0.39 is 6.04 Å². The number of benzene rings is 1. The number of amides is 2. The number of hydrogen-bond acceptors (Lipinski definition) is 3. The van der Waals surface area contributed by atoms with E-state index in [0.717, 1.165) is 37.7 Å². The van der Waals surface area contributed by atoms with Crippen molar-refractivity contribution in [3.63, 3.8) is 0 Å². The number of rotatable bonds is 8. The maximum Gasteiger partial charge on any atom is 0.242 e. The Morgan fingerprint density at radius 3 is 2.54 bits per heavy atom. The molecule has 2 fully saturated rings. The topological polar surface area (TPSA) is 67.4 Å². The lowest BCUT2D eigenvalue weighted by Gasteiger charge is -2.25. The van der Waals surface area contributed by atoms with Crippen LogP contribution in [0.5, 0.6) is 0 Å². The third-order valence-electron chi connectivity index (χ3n) is 6.06. The summed E-state index contributed by atoms with van der Waals surface area (Å²) in [7, 11) is 0. The lowest BCUT2D eigenvalue weighted by molar-refractivity contribution is -0.130. The van der Waals surface area contributed by atoms with E-state index in [4.69, 9.17) is 4.74 Å². The van der Waals surface area contributed by atoms with Crippen molar-refractivity contribution in [2.75, 3.05) is 0 Å². The van der Waals surface area contributed by atoms with Crippen LogP contribution in [0.2, 0.25) is 0 Å². The Morgan fingerprint density at radius 2 is 1.79 bits per heavy atom. The summed E-state index contributed by atoms with van der Waals surface area (Å²) in [6, 6.07) is 9.61. The zero-order valence-corrected chi connectivity index (χ0v) is 17.0. The van der Waals surface area contributed by atoms with Crippen LogP contribution in [0.1, 0.15) is 70.3 Å². The summed E-state index contributed by atoms with van der Waals surface area (Å²) in [6.45, 7) is 2.33. The van der Waals surface area contributed by atoms with Crippen molar-refractivity contribution in [3.05, 3.63) is 35.9 Å². The number of hydrogen-bond donors (Lipinski definition) is 2. The minimum Gasteiger partial charge on any atom is -0.371 e. The number of ether oxygens (including phenoxy) is 1. The molecular formula is C23H34N2O3. The smallest absolute Gasteiger partial charge is 0.242 e. The van der Waals surface area contributed by atoms with Crippen molar-refractivity contribution in [3.8, 4) is 0 Å². The second-order valence-corrected chi connectivity index (χ2v) is 8.38. The van der Waals surface area contributed by atoms with Crippen molar-refractivity contribution in [2.24, 2.45) is 5.92 Å². The average molecular weight is 387 g/mol. The molecule has 1 aromatic carbocycles. The Kier molecular flexibility index (Phi) is 7.90. The van der Waals surface area contributed by atoms with Gasteiger partial charge in [0, 0.05) is 6.42 Å². The van der Waals surface area contributed by atoms with Gasteiger partial charge in [0.15, 0.2) is 0 Å². The molecule has 0 bridgehead atoms. The maximum absolute atomic E-state index is 12.6. The molecule has 5 nitrogen and oxygen atoms in total. The quantitative estimate of drug-likeness (QED) is 0.716. The summed E-state index contributed by atoms with van der Waals surface area (Å²) in [5.74, 6) is 0.365. The van der Waals surface area contributed by atoms with Crippen molar-refractivity contribution >= 4 is 11.8 Å². The molecule has 5 heteroatoms. The summed E-state index contributed by atoms with van der Waals surface area (Å²) >= 11 is 0. The van der Waals surface area contributed by atoms with Crippen molar-refractivity contribution in [2.45, 2.75) is 89.5 Å². The molecule has 28 heavy (non-hydrogen) atoms. The highest BCUT2D eigenvalue weighted by atomic mass is 16.5. The minimum absolute atomic E-state index is 0.00199. The van der Waals surface area contributed by atoms with E-state index in [9.17, 15) is 9.59 Å². The zero-order chi connectivity index (χ0) is 19.8. The molecule has 0 spiro atoms. The van der Waals surface area contributed by atoms with Crippen LogP contribution in [0.25, 0.3) is 0 Å². The summed E-state index contributed by atoms with van der Waals surface area (Å²) < 4.78 is 6.06. The van der Waals surface area contributed by atoms with Gasteiger partial charge in [0.1, 0.15) is 6.04 Å². The van der Waals surface area contributed by atoms with Gasteiger partial charge < -0.3 is 15.4 Å². The number of carbonyl (C=O) groups excluding carboxylic acids is 2. The molecule has 2 saturated carbocycles. The molecule has 1 aromatic rings. The molecule has 0 aliphatic heterocycles. The largest absolute Gasteiger partial charge is 0.371 e. The molecule has 3 rings (SSSR count). The highest BCUT2D eigenvalue weighted by Crippen LogP contribution is 2.26. The predicted molar refractivity (Wildman–Crippen MR) is 110 cm³/mol. The van der Waals surface area contributed by atoms with Gasteiger partial charge in [0.25, 0.3) is 0 Å². The van der Waals surface area contributed by atoms with E-state index in [1.54, 1.807) is 6.92 Å². The Balaban J connectivity index is 1.41. The van der Waals surface area contributed by atoms with E-state index in [1.165, 1.54) is 19.3 Å². The Hall–Kier alpha value is -1.88. The van der Waals surface area contributed by atoms with Gasteiger partial charge in [0.05, 0.1) is 18.8 Å². The van der Waals surface area contributed by atoms with E-state index in [2.05, 4.69) is 10.6 Å². The molecule has 0 unspecified atom stereocenters. The first-order valence-electron chi connectivity index (χ1n) is 10.9. The predicted octanol–water partition coefficient (Wildman–Crippen LogP) is 3.72. The third-order valence-corrected chi connectivity index (χ3v) is 6.06. The summed E-state index contributed by atoms with van der Waals surface area (Å²) in [4.78, 5) is 24.8. The van der Waals surface area contributed by atoms with Crippen LogP contribution in [0.4, 0.5) is 0 Å². The molecule has 0 saturated heterocycles. The van der Waals surface area contributed by atoms with Gasteiger partial charge in [-0.25, -0.2) is 0 Å². The Bertz CT molecular complexity index is 628. The molecule has 2 N–H and O–H groups in total. The molecule has 0 heterocycles. The average Bonchev–Trinajstić information content (AvgIpc) is 3.14. The van der Waals surface area contributed by atoms with Gasteiger partial charge >= 0.3 is 0 Å². The van der Waals surface area contributed by atoms with Crippen LogP contribution in [0.3, 0.4) is 0 Å². The van der Waals surface area contributed by atoms with Crippen LogP contribution in [0, 0.1) is 5.92 Å². The van der Waals surface area contributed by atoms with Gasteiger partial charge in [-0.2, -0.15) is 0 Å². The zero-order valence-electron chi connectivity index (χ0n) is 17.0. The lowest BCUT2D eigenvalue weighted by atomic mass is 9.87. The monoisotopic (exact) mass is 386 g/mol. The highest BCUT2D eigenvalue weighted by molar-refractivity contribution is 5.87. The van der Waals surface area contributed by atoms with Crippen LogP contribution >= 0.6 is 0 Å². The van der Waals surface area contributed by atoms with Gasteiger partial charge in [-0.05, 0) is 50.5 Å². The van der Waals surface area contributed by atoms with E-state index in [0.29, 0.717) is 18.9 Å². The lowest BCUT2D eigenvalue weighted by Crippen LogP contribution is -2.50. The Labute approximate surface area is 168 Å². The molecule has 0 radical (unpaired) electrons. The van der Waals surface area contributed by atoms with Crippen molar-refractivity contribution < 1.29 is 14.3 Å². The van der Waals surface area contributed by atoms with Crippen LogP contribution < -0.4 is 10.6 Å². The van der Waals surface area contributed by atoms with E-state index in [1.807, 2.05) is 30.3 Å². The summed E-state index contributed by atoms with van der Waals surface area (Å²) in [6.07, 6.45) is 9.51. The first-order valence-corrected chi connectivity index (χ1v) is 10.9.